The van der Waals surface area contributed by atoms with Crippen molar-refractivity contribution in [2.24, 2.45) is 4.99 Å². The van der Waals surface area contributed by atoms with E-state index in [1.54, 1.807) is 7.05 Å². The fourth-order valence-corrected chi connectivity index (χ4v) is 4.69. The Morgan fingerprint density at radius 3 is 2.66 bits per heavy atom. The van der Waals surface area contributed by atoms with Crippen LogP contribution < -0.4 is 15.4 Å². The molecule has 1 aliphatic heterocycles. The Labute approximate surface area is 172 Å². The number of guanidine groups is 1. The first-order valence-corrected chi connectivity index (χ1v) is 11.3. The van der Waals surface area contributed by atoms with Crippen LogP contribution in [0.2, 0.25) is 0 Å². The summed E-state index contributed by atoms with van der Waals surface area (Å²) in [5.74, 6) is 2.45. The van der Waals surface area contributed by atoms with E-state index in [2.05, 4.69) is 15.6 Å². The second-order valence-corrected chi connectivity index (χ2v) is 9.04. The number of hydrogen-bond acceptors (Lipinski definition) is 4. The Morgan fingerprint density at radius 1 is 1.17 bits per heavy atom. The van der Waals surface area contributed by atoms with Gasteiger partial charge in [-0.25, -0.2) is 12.7 Å². The van der Waals surface area contributed by atoms with Gasteiger partial charge in [0, 0.05) is 38.8 Å². The Balaban J connectivity index is 1.56. The normalized spacial score (nSPS) is 16.6. The summed E-state index contributed by atoms with van der Waals surface area (Å²) in [5.41, 5.74) is 2.12. The molecule has 0 aromatic heterocycles. The second-order valence-electron chi connectivity index (χ2n) is 6.95. The summed E-state index contributed by atoms with van der Waals surface area (Å²) < 4.78 is 31.3. The number of hydrogen-bond donors (Lipinski definition) is 2. The molecule has 0 amide bonds. The quantitative estimate of drug-likeness (QED) is 0.535. The van der Waals surface area contributed by atoms with Crippen molar-refractivity contribution >= 4 is 16.0 Å². The number of rotatable bonds is 7. The fourth-order valence-electron chi connectivity index (χ4n) is 3.16. The average Bonchev–Trinajstić information content (AvgIpc) is 3.04. The Kier molecular flexibility index (Phi) is 7.11. The van der Waals surface area contributed by atoms with Gasteiger partial charge in [-0.05, 0) is 37.1 Å². The van der Waals surface area contributed by atoms with Crippen molar-refractivity contribution in [3.63, 3.8) is 0 Å². The van der Waals surface area contributed by atoms with Crippen LogP contribution in [0, 0.1) is 6.92 Å². The molecule has 0 radical (unpaired) electrons. The van der Waals surface area contributed by atoms with Gasteiger partial charge in [0.2, 0.25) is 10.0 Å². The van der Waals surface area contributed by atoms with Crippen LogP contribution in [0.5, 0.6) is 11.5 Å². The number of nitrogens with zero attached hydrogens (tertiary/aromatic N) is 2. The van der Waals surface area contributed by atoms with E-state index in [9.17, 15) is 8.42 Å². The summed E-state index contributed by atoms with van der Waals surface area (Å²) in [6.07, 6.45) is 0.701. The summed E-state index contributed by atoms with van der Waals surface area (Å²) in [5, 5.41) is 6.45. The lowest BCUT2D eigenvalue weighted by Crippen LogP contribution is -2.41. The third-order valence-electron chi connectivity index (χ3n) is 4.72. The Bertz CT molecular complexity index is 946. The van der Waals surface area contributed by atoms with Gasteiger partial charge in [-0.1, -0.05) is 30.3 Å². The lowest BCUT2D eigenvalue weighted by atomic mass is 10.1. The highest BCUT2D eigenvalue weighted by Crippen LogP contribution is 2.26. The number of sulfonamides is 1. The Morgan fingerprint density at radius 2 is 1.97 bits per heavy atom. The van der Waals surface area contributed by atoms with Crippen LogP contribution in [0.1, 0.15) is 17.5 Å². The van der Waals surface area contributed by atoms with Gasteiger partial charge in [0.1, 0.15) is 11.5 Å². The SMILES string of the molecule is CN=C(NCCN1CCCS1(=O)=O)NCc1ccc(C)cc1Oc1ccccc1. The largest absolute Gasteiger partial charge is 0.457 e. The highest BCUT2D eigenvalue weighted by atomic mass is 32.2. The van der Waals surface area contributed by atoms with Gasteiger partial charge in [0.25, 0.3) is 0 Å². The average molecular weight is 417 g/mol. The molecule has 156 valence electrons. The van der Waals surface area contributed by atoms with E-state index >= 15 is 0 Å². The van der Waals surface area contributed by atoms with Gasteiger partial charge in [-0.3, -0.25) is 4.99 Å². The van der Waals surface area contributed by atoms with E-state index in [0.717, 1.165) is 22.6 Å². The molecule has 2 aromatic rings. The zero-order valence-electron chi connectivity index (χ0n) is 16.9. The van der Waals surface area contributed by atoms with Crippen molar-refractivity contribution in [3.05, 3.63) is 59.7 Å². The minimum Gasteiger partial charge on any atom is -0.457 e. The van der Waals surface area contributed by atoms with Crippen LogP contribution in [0.3, 0.4) is 0 Å². The third kappa shape index (κ3) is 5.95. The van der Waals surface area contributed by atoms with Crippen molar-refractivity contribution in [2.45, 2.75) is 19.9 Å². The van der Waals surface area contributed by atoms with Crippen molar-refractivity contribution < 1.29 is 13.2 Å². The van der Waals surface area contributed by atoms with E-state index in [4.69, 9.17) is 4.74 Å². The summed E-state index contributed by atoms with van der Waals surface area (Å²) >= 11 is 0. The maximum absolute atomic E-state index is 11.9. The molecule has 2 aromatic carbocycles. The molecular formula is C21H28N4O3S. The lowest BCUT2D eigenvalue weighted by Gasteiger charge is -2.17. The molecule has 0 atom stereocenters. The van der Waals surface area contributed by atoms with E-state index < -0.39 is 10.0 Å². The van der Waals surface area contributed by atoms with Gasteiger partial charge < -0.3 is 15.4 Å². The van der Waals surface area contributed by atoms with Crippen LogP contribution in [0.4, 0.5) is 0 Å². The van der Waals surface area contributed by atoms with Gasteiger partial charge in [0.15, 0.2) is 5.96 Å². The molecule has 8 heteroatoms. The summed E-state index contributed by atoms with van der Waals surface area (Å²) in [4.78, 5) is 4.22. The maximum Gasteiger partial charge on any atom is 0.214 e. The van der Waals surface area contributed by atoms with Gasteiger partial charge in [0.05, 0.1) is 5.75 Å². The van der Waals surface area contributed by atoms with Gasteiger partial charge in [-0.2, -0.15) is 0 Å². The molecule has 0 unspecified atom stereocenters. The molecule has 1 aliphatic rings. The molecule has 3 rings (SSSR count). The predicted molar refractivity (Wildman–Crippen MR) is 116 cm³/mol. The zero-order valence-corrected chi connectivity index (χ0v) is 17.7. The lowest BCUT2D eigenvalue weighted by molar-refractivity contribution is 0.445. The summed E-state index contributed by atoms with van der Waals surface area (Å²) in [6, 6.07) is 15.8. The standard InChI is InChI=1S/C21H28N4O3S/c1-17-9-10-18(20(15-17)28-19-7-4-3-5-8-19)16-24-21(22-2)23-11-13-25-12-6-14-29(25,26)27/h3-5,7-10,15H,6,11-14,16H2,1-2H3,(H2,22,23,24). The first-order chi connectivity index (χ1) is 14.0. The number of aryl methyl sites for hydroxylation is 1. The smallest absolute Gasteiger partial charge is 0.214 e. The van der Waals surface area contributed by atoms with Crippen molar-refractivity contribution in [1.29, 1.82) is 0 Å². The van der Waals surface area contributed by atoms with Crippen molar-refractivity contribution in [1.82, 2.24) is 14.9 Å². The predicted octanol–water partition coefficient (Wildman–Crippen LogP) is 2.49. The highest BCUT2D eigenvalue weighted by Gasteiger charge is 2.27. The van der Waals surface area contributed by atoms with Crippen molar-refractivity contribution in [3.8, 4) is 11.5 Å². The zero-order chi connectivity index (χ0) is 20.7. The molecule has 29 heavy (non-hydrogen) atoms. The maximum atomic E-state index is 11.9. The van der Waals surface area contributed by atoms with Crippen LogP contribution in [0.25, 0.3) is 0 Å². The minimum absolute atomic E-state index is 0.248. The summed E-state index contributed by atoms with van der Waals surface area (Å²) in [7, 11) is -1.38. The molecule has 0 aliphatic carbocycles. The molecule has 7 nitrogen and oxygen atoms in total. The molecule has 1 saturated heterocycles. The van der Waals surface area contributed by atoms with Crippen LogP contribution in [-0.4, -0.2) is 51.1 Å². The first-order valence-electron chi connectivity index (χ1n) is 9.73. The topological polar surface area (TPSA) is 83.0 Å². The molecule has 1 fully saturated rings. The van der Waals surface area contributed by atoms with E-state index in [1.165, 1.54) is 4.31 Å². The summed E-state index contributed by atoms with van der Waals surface area (Å²) in [6.45, 7) is 4.10. The number of nitrogens with one attached hydrogen (secondary N) is 2. The van der Waals surface area contributed by atoms with Crippen LogP contribution in [-0.2, 0) is 16.6 Å². The fraction of sp³-hybridized carbons (Fsp3) is 0.381. The molecule has 0 bridgehead atoms. The van der Waals surface area contributed by atoms with Gasteiger partial charge in [-0.15, -0.1) is 0 Å². The molecule has 0 spiro atoms. The highest BCUT2D eigenvalue weighted by molar-refractivity contribution is 7.89. The van der Waals surface area contributed by atoms with Crippen LogP contribution >= 0.6 is 0 Å². The number of aliphatic imine (C=N–C) groups is 1. The van der Waals surface area contributed by atoms with Crippen molar-refractivity contribution in [2.75, 3.05) is 32.4 Å². The van der Waals surface area contributed by atoms with E-state index in [1.807, 2.05) is 55.5 Å². The monoisotopic (exact) mass is 416 g/mol. The number of ether oxygens (including phenoxy) is 1. The molecule has 2 N–H and O–H groups in total. The van der Waals surface area contributed by atoms with Crippen LogP contribution in [0.15, 0.2) is 53.5 Å². The molecule has 0 saturated carbocycles. The van der Waals surface area contributed by atoms with E-state index in [-0.39, 0.29) is 5.75 Å². The second kappa shape index (κ2) is 9.76. The minimum atomic E-state index is -3.07. The molecule has 1 heterocycles. The third-order valence-corrected chi connectivity index (χ3v) is 6.68. The molecular weight excluding hydrogens is 388 g/mol. The van der Waals surface area contributed by atoms with E-state index in [0.29, 0.717) is 38.6 Å². The number of benzene rings is 2. The van der Waals surface area contributed by atoms with Gasteiger partial charge >= 0.3 is 0 Å². The number of para-hydroxylation sites is 1. The Hall–Kier alpha value is -2.58. The first kappa shape index (κ1) is 21.1.